The lowest BCUT2D eigenvalue weighted by Crippen LogP contribution is -2.41. The van der Waals surface area contributed by atoms with Gasteiger partial charge in [0.1, 0.15) is 0 Å². The van der Waals surface area contributed by atoms with Gasteiger partial charge in [-0.25, -0.2) is 0 Å². The molecule has 1 unspecified atom stereocenters. The molecule has 3 N–H and O–H groups in total. The summed E-state index contributed by atoms with van der Waals surface area (Å²) >= 11 is 0. The molecule has 0 heterocycles. The van der Waals surface area contributed by atoms with Crippen molar-refractivity contribution < 1.29 is 14.6 Å². The number of methoxy groups -OCH3 is 1. The Hall–Kier alpha value is -0.200. The Labute approximate surface area is 92.1 Å². The number of hydrogen-bond donors (Lipinski definition) is 2. The summed E-state index contributed by atoms with van der Waals surface area (Å²) in [6, 6.07) is 0. The van der Waals surface area contributed by atoms with Gasteiger partial charge >= 0.3 is 0 Å². The summed E-state index contributed by atoms with van der Waals surface area (Å²) in [6.45, 7) is 6.09. The Morgan fingerprint density at radius 1 is 1.40 bits per heavy atom. The van der Waals surface area contributed by atoms with Gasteiger partial charge in [0.25, 0.3) is 0 Å². The van der Waals surface area contributed by atoms with Crippen molar-refractivity contribution in [3.05, 3.63) is 0 Å². The van der Waals surface area contributed by atoms with Crippen molar-refractivity contribution >= 4 is 0 Å². The summed E-state index contributed by atoms with van der Waals surface area (Å²) < 4.78 is 10.5. The maximum absolute atomic E-state index is 8.90. The van der Waals surface area contributed by atoms with Gasteiger partial charge in [-0.3, -0.25) is 4.90 Å². The van der Waals surface area contributed by atoms with Crippen molar-refractivity contribution in [1.29, 1.82) is 0 Å². The summed E-state index contributed by atoms with van der Waals surface area (Å²) in [5.41, 5.74) is 5.59. The molecule has 0 spiro atoms. The van der Waals surface area contributed by atoms with Gasteiger partial charge in [0, 0.05) is 39.9 Å². The second-order valence-corrected chi connectivity index (χ2v) is 3.33. The topological polar surface area (TPSA) is 68.0 Å². The molecule has 92 valence electrons. The number of aliphatic hydroxyl groups excluding tert-OH is 1. The quantitative estimate of drug-likeness (QED) is 0.509. The van der Waals surface area contributed by atoms with Gasteiger partial charge in [-0.2, -0.15) is 0 Å². The van der Waals surface area contributed by atoms with E-state index in [1.807, 2.05) is 6.92 Å². The number of nitrogens with zero attached hydrogens (tertiary/aromatic N) is 1. The normalized spacial score (nSPS) is 13.4. The van der Waals surface area contributed by atoms with Crippen LogP contribution in [0.4, 0.5) is 0 Å². The van der Waals surface area contributed by atoms with Crippen LogP contribution in [-0.2, 0) is 9.47 Å². The van der Waals surface area contributed by atoms with Crippen molar-refractivity contribution in [3.8, 4) is 0 Å². The zero-order valence-electron chi connectivity index (χ0n) is 9.82. The monoisotopic (exact) mass is 220 g/mol. The van der Waals surface area contributed by atoms with Gasteiger partial charge in [0.15, 0.2) is 0 Å². The van der Waals surface area contributed by atoms with Crippen LogP contribution in [0.25, 0.3) is 0 Å². The molecule has 0 aliphatic heterocycles. The molecule has 5 nitrogen and oxygen atoms in total. The fraction of sp³-hybridized carbons (Fsp3) is 1.00. The molecular formula is C10H24N2O3. The lowest BCUT2D eigenvalue weighted by atomic mass is 10.3. The first-order valence-corrected chi connectivity index (χ1v) is 5.42. The van der Waals surface area contributed by atoms with E-state index in [1.165, 1.54) is 0 Å². The van der Waals surface area contributed by atoms with Gasteiger partial charge < -0.3 is 20.3 Å². The first-order chi connectivity index (χ1) is 7.28. The molecule has 0 fully saturated rings. The van der Waals surface area contributed by atoms with E-state index in [4.69, 9.17) is 20.3 Å². The molecule has 0 amide bonds. The molecule has 0 aromatic heterocycles. The summed E-state index contributed by atoms with van der Waals surface area (Å²) in [5.74, 6) is 0. The molecule has 15 heavy (non-hydrogen) atoms. The summed E-state index contributed by atoms with van der Waals surface area (Å²) in [4.78, 5) is 2.09. The van der Waals surface area contributed by atoms with Gasteiger partial charge in [0.2, 0.25) is 0 Å². The average Bonchev–Trinajstić information content (AvgIpc) is 2.25. The van der Waals surface area contributed by atoms with Crippen LogP contribution in [0.2, 0.25) is 0 Å². The molecule has 0 saturated carbocycles. The van der Waals surface area contributed by atoms with Crippen LogP contribution in [-0.4, -0.2) is 69.2 Å². The molecule has 0 aliphatic rings. The van der Waals surface area contributed by atoms with E-state index in [0.717, 1.165) is 13.1 Å². The minimum atomic E-state index is 0.0402. The zero-order chi connectivity index (χ0) is 11.5. The maximum atomic E-state index is 8.90. The van der Waals surface area contributed by atoms with Crippen molar-refractivity contribution in [2.75, 3.05) is 53.1 Å². The van der Waals surface area contributed by atoms with Gasteiger partial charge in [-0.1, -0.05) is 0 Å². The van der Waals surface area contributed by atoms with Crippen molar-refractivity contribution in [1.82, 2.24) is 4.90 Å². The Balaban J connectivity index is 3.87. The second kappa shape index (κ2) is 10.3. The van der Waals surface area contributed by atoms with E-state index in [2.05, 4.69) is 4.90 Å². The van der Waals surface area contributed by atoms with E-state index in [1.54, 1.807) is 7.11 Å². The van der Waals surface area contributed by atoms with Crippen LogP contribution in [0.3, 0.4) is 0 Å². The highest BCUT2D eigenvalue weighted by Gasteiger charge is 2.12. The number of rotatable bonds is 10. The summed E-state index contributed by atoms with van der Waals surface area (Å²) in [6.07, 6.45) is 0.0402. The highest BCUT2D eigenvalue weighted by Crippen LogP contribution is 1.96. The predicted octanol–water partition coefficient (Wildman–Crippen LogP) is -0.709. The minimum absolute atomic E-state index is 0.0402. The fourth-order valence-corrected chi connectivity index (χ4v) is 1.38. The molecule has 1 atom stereocenters. The number of ether oxygens (including phenoxy) is 2. The third-order valence-corrected chi connectivity index (χ3v) is 2.15. The molecule has 0 bridgehead atoms. The lowest BCUT2D eigenvalue weighted by molar-refractivity contribution is 0.0280. The van der Waals surface area contributed by atoms with Gasteiger partial charge in [-0.15, -0.1) is 0 Å². The lowest BCUT2D eigenvalue weighted by Gasteiger charge is -2.25. The molecule has 0 saturated heterocycles. The SMILES string of the molecule is CCOC(CN)CN(CCO)CCOC. The van der Waals surface area contributed by atoms with Crippen molar-refractivity contribution in [2.45, 2.75) is 13.0 Å². The smallest absolute Gasteiger partial charge is 0.0823 e. The Morgan fingerprint density at radius 3 is 2.60 bits per heavy atom. The van der Waals surface area contributed by atoms with E-state index >= 15 is 0 Å². The summed E-state index contributed by atoms with van der Waals surface area (Å²) in [7, 11) is 1.67. The van der Waals surface area contributed by atoms with Gasteiger partial charge in [-0.05, 0) is 6.92 Å². The standard InChI is InChI=1S/C10H24N2O3/c1-3-15-10(8-11)9-12(4-6-13)5-7-14-2/h10,13H,3-9,11H2,1-2H3. The van der Waals surface area contributed by atoms with E-state index < -0.39 is 0 Å². The molecule has 0 rings (SSSR count). The summed E-state index contributed by atoms with van der Waals surface area (Å²) in [5, 5.41) is 8.90. The number of nitrogens with two attached hydrogens (primary N) is 1. The maximum Gasteiger partial charge on any atom is 0.0823 e. The van der Waals surface area contributed by atoms with E-state index in [0.29, 0.717) is 26.3 Å². The van der Waals surface area contributed by atoms with Crippen LogP contribution in [0.1, 0.15) is 6.92 Å². The number of aliphatic hydroxyl groups is 1. The first kappa shape index (κ1) is 14.8. The average molecular weight is 220 g/mol. The molecular weight excluding hydrogens is 196 g/mol. The Bertz CT molecular complexity index is 136. The highest BCUT2D eigenvalue weighted by atomic mass is 16.5. The largest absolute Gasteiger partial charge is 0.395 e. The van der Waals surface area contributed by atoms with Crippen LogP contribution in [0.15, 0.2) is 0 Å². The fourth-order valence-electron chi connectivity index (χ4n) is 1.38. The van der Waals surface area contributed by atoms with Gasteiger partial charge in [0.05, 0.1) is 19.3 Å². The highest BCUT2D eigenvalue weighted by molar-refractivity contribution is 4.66. The van der Waals surface area contributed by atoms with E-state index in [-0.39, 0.29) is 12.7 Å². The van der Waals surface area contributed by atoms with Crippen molar-refractivity contribution in [2.24, 2.45) is 5.73 Å². The Morgan fingerprint density at radius 2 is 2.13 bits per heavy atom. The molecule has 0 aliphatic carbocycles. The Kier molecular flexibility index (Phi) is 10.2. The molecule has 0 radical (unpaired) electrons. The third kappa shape index (κ3) is 7.70. The minimum Gasteiger partial charge on any atom is -0.395 e. The molecule has 0 aromatic rings. The first-order valence-electron chi connectivity index (χ1n) is 5.42. The van der Waals surface area contributed by atoms with Crippen LogP contribution in [0, 0.1) is 0 Å². The zero-order valence-corrected chi connectivity index (χ0v) is 9.82. The van der Waals surface area contributed by atoms with Crippen LogP contribution >= 0.6 is 0 Å². The van der Waals surface area contributed by atoms with Crippen molar-refractivity contribution in [3.63, 3.8) is 0 Å². The third-order valence-electron chi connectivity index (χ3n) is 2.15. The van der Waals surface area contributed by atoms with Crippen LogP contribution in [0.5, 0.6) is 0 Å². The second-order valence-electron chi connectivity index (χ2n) is 3.33. The van der Waals surface area contributed by atoms with Crippen LogP contribution < -0.4 is 5.73 Å². The predicted molar refractivity (Wildman–Crippen MR) is 59.9 cm³/mol. The molecule has 5 heteroatoms. The molecule has 0 aromatic carbocycles. The van der Waals surface area contributed by atoms with E-state index in [9.17, 15) is 0 Å². The number of hydrogen-bond acceptors (Lipinski definition) is 5.